The van der Waals surface area contributed by atoms with E-state index < -0.39 is 10.0 Å². The zero-order chi connectivity index (χ0) is 26.5. The lowest BCUT2D eigenvalue weighted by atomic mass is 10.0. The lowest BCUT2D eigenvalue weighted by Crippen LogP contribution is -2.40. The minimum Gasteiger partial charge on any atom is -0.379 e. The van der Waals surface area contributed by atoms with Gasteiger partial charge in [0.1, 0.15) is 0 Å². The summed E-state index contributed by atoms with van der Waals surface area (Å²) in [6.45, 7) is 12.1. The molecule has 3 aromatic rings. The smallest absolute Gasteiger partial charge is 0.258 e. The number of sulfonamides is 1. The number of benzene rings is 2. The molecule has 7 nitrogen and oxygen atoms in total. The van der Waals surface area contributed by atoms with Gasteiger partial charge in [-0.1, -0.05) is 6.07 Å². The molecule has 0 bridgehead atoms. The average Bonchev–Trinajstić information content (AvgIpc) is 3.32. The van der Waals surface area contributed by atoms with Crippen molar-refractivity contribution < 1.29 is 17.9 Å². The van der Waals surface area contributed by atoms with Gasteiger partial charge in [-0.05, 0) is 93.8 Å². The fourth-order valence-electron chi connectivity index (χ4n) is 5.24. The summed E-state index contributed by atoms with van der Waals surface area (Å²) in [5, 5.41) is 0. The molecule has 0 spiro atoms. The Kier molecular flexibility index (Phi) is 6.60. The average molecular weight is 520 g/mol. The Hall–Kier alpha value is -3.20. The van der Waals surface area contributed by atoms with Crippen LogP contribution in [0.3, 0.4) is 0 Å². The predicted octanol–water partition coefficient (Wildman–Crippen LogP) is 4.64. The number of amides is 1. The van der Waals surface area contributed by atoms with Gasteiger partial charge in [-0.2, -0.15) is 4.31 Å². The number of carbonyl (C=O) groups excluding carboxylic acids is 1. The molecule has 1 aromatic heterocycles. The molecule has 37 heavy (non-hydrogen) atoms. The van der Waals surface area contributed by atoms with Crippen LogP contribution in [-0.2, 0) is 19.6 Å². The van der Waals surface area contributed by atoms with Crippen molar-refractivity contribution in [3.05, 3.63) is 76.1 Å². The number of aromatic nitrogens is 1. The van der Waals surface area contributed by atoms with E-state index in [9.17, 15) is 13.2 Å². The summed E-state index contributed by atoms with van der Waals surface area (Å²) in [6, 6.07) is 13.5. The molecule has 0 unspecified atom stereocenters. The lowest BCUT2D eigenvalue weighted by Gasteiger charge is -2.26. The topological polar surface area (TPSA) is 71.9 Å². The van der Waals surface area contributed by atoms with E-state index in [0.29, 0.717) is 44.0 Å². The molecular weight excluding hydrogens is 486 g/mol. The quantitative estimate of drug-likeness (QED) is 0.461. The highest BCUT2D eigenvalue weighted by atomic mass is 32.2. The van der Waals surface area contributed by atoms with Gasteiger partial charge in [-0.25, -0.2) is 8.42 Å². The number of fused-ring (bicyclic) bond motifs is 1. The zero-order valence-electron chi connectivity index (χ0n) is 22.0. The molecule has 2 aromatic carbocycles. The fraction of sp³-hybridized carbons (Fsp3) is 0.345. The molecule has 1 saturated heterocycles. The van der Waals surface area contributed by atoms with E-state index >= 15 is 0 Å². The second kappa shape index (κ2) is 9.59. The Morgan fingerprint density at radius 1 is 0.946 bits per heavy atom. The van der Waals surface area contributed by atoms with E-state index in [2.05, 4.69) is 49.6 Å². The van der Waals surface area contributed by atoms with Gasteiger partial charge in [0.15, 0.2) is 0 Å². The first-order valence-corrected chi connectivity index (χ1v) is 14.1. The van der Waals surface area contributed by atoms with Gasteiger partial charge in [0.25, 0.3) is 5.91 Å². The molecule has 1 amide bonds. The number of morpholine rings is 1. The largest absolute Gasteiger partial charge is 0.379 e. The first-order chi connectivity index (χ1) is 17.6. The number of hydrogen-bond donors (Lipinski definition) is 0. The maximum atomic E-state index is 13.5. The van der Waals surface area contributed by atoms with Crippen LogP contribution >= 0.6 is 0 Å². The summed E-state index contributed by atoms with van der Waals surface area (Å²) in [4.78, 5) is 15.4. The van der Waals surface area contributed by atoms with Crippen LogP contribution in [0.5, 0.6) is 0 Å². The maximum Gasteiger partial charge on any atom is 0.258 e. The highest BCUT2D eigenvalue weighted by Gasteiger charge is 2.34. The number of aryl methyl sites for hydroxylation is 3. The first kappa shape index (κ1) is 25.4. The van der Waals surface area contributed by atoms with Crippen molar-refractivity contribution in [3.63, 3.8) is 0 Å². The monoisotopic (exact) mass is 519 g/mol. The highest BCUT2D eigenvalue weighted by molar-refractivity contribution is 7.89. The van der Waals surface area contributed by atoms with Gasteiger partial charge >= 0.3 is 0 Å². The molecule has 2 aliphatic rings. The van der Waals surface area contributed by atoms with Crippen LogP contribution in [0, 0.1) is 27.7 Å². The standard InChI is InChI=1S/C29H33N3O4S/c1-6-31-28-10-9-25(37(34,35)30-11-13-36-14-12-30)18-26(28)27(29(31)33)17-23-16-21(4)32(22(23)5)24-8-7-19(2)20(3)15-24/h7-10,15-18H,6,11-14H2,1-5H3. The number of carbonyl (C=O) groups is 1. The van der Waals surface area contributed by atoms with E-state index in [1.54, 1.807) is 23.1 Å². The second-order valence-electron chi connectivity index (χ2n) is 9.73. The van der Waals surface area contributed by atoms with Crippen LogP contribution in [0.4, 0.5) is 5.69 Å². The van der Waals surface area contributed by atoms with Crippen molar-refractivity contribution in [2.75, 3.05) is 37.7 Å². The van der Waals surface area contributed by atoms with Crippen molar-refractivity contribution in [1.82, 2.24) is 8.87 Å². The molecular formula is C29H33N3O4S. The van der Waals surface area contributed by atoms with E-state index in [4.69, 9.17) is 4.74 Å². The molecule has 5 rings (SSSR count). The highest BCUT2D eigenvalue weighted by Crippen LogP contribution is 2.40. The Bertz CT molecular complexity index is 1530. The number of nitrogens with zero attached hydrogens (tertiary/aromatic N) is 3. The molecule has 0 atom stereocenters. The van der Waals surface area contributed by atoms with Gasteiger partial charge in [0.05, 0.1) is 23.8 Å². The van der Waals surface area contributed by atoms with Crippen molar-refractivity contribution in [2.24, 2.45) is 0 Å². The van der Waals surface area contributed by atoms with E-state index in [-0.39, 0.29) is 10.8 Å². The molecule has 0 N–H and O–H groups in total. The maximum absolute atomic E-state index is 13.5. The molecule has 2 aliphatic heterocycles. The summed E-state index contributed by atoms with van der Waals surface area (Å²) >= 11 is 0. The molecule has 0 radical (unpaired) electrons. The molecule has 0 aliphatic carbocycles. The number of anilines is 1. The van der Waals surface area contributed by atoms with Gasteiger partial charge in [-0.3, -0.25) is 4.79 Å². The summed E-state index contributed by atoms with van der Waals surface area (Å²) in [6.07, 6.45) is 1.90. The Morgan fingerprint density at radius 3 is 2.35 bits per heavy atom. The summed E-state index contributed by atoms with van der Waals surface area (Å²) in [5.41, 5.74) is 8.46. The minimum absolute atomic E-state index is 0.116. The predicted molar refractivity (Wildman–Crippen MR) is 147 cm³/mol. The number of hydrogen-bond acceptors (Lipinski definition) is 4. The van der Waals surface area contributed by atoms with Gasteiger partial charge in [-0.15, -0.1) is 0 Å². The Balaban J connectivity index is 1.60. The van der Waals surface area contributed by atoms with Gasteiger partial charge < -0.3 is 14.2 Å². The number of ether oxygens (including phenoxy) is 1. The van der Waals surface area contributed by atoms with E-state index in [1.165, 1.54) is 15.4 Å². The van der Waals surface area contributed by atoms with Crippen LogP contribution in [0.25, 0.3) is 17.3 Å². The van der Waals surface area contributed by atoms with Crippen LogP contribution in [-0.4, -0.2) is 56.0 Å². The zero-order valence-corrected chi connectivity index (χ0v) is 22.9. The lowest BCUT2D eigenvalue weighted by molar-refractivity contribution is -0.112. The fourth-order valence-corrected chi connectivity index (χ4v) is 6.67. The van der Waals surface area contributed by atoms with Crippen molar-refractivity contribution in [2.45, 2.75) is 39.5 Å². The molecule has 1 fully saturated rings. The van der Waals surface area contributed by atoms with Crippen molar-refractivity contribution in [3.8, 4) is 5.69 Å². The molecule has 194 valence electrons. The third-order valence-corrected chi connectivity index (χ3v) is 9.36. The molecule has 0 saturated carbocycles. The van der Waals surface area contributed by atoms with Crippen molar-refractivity contribution >= 4 is 33.3 Å². The summed E-state index contributed by atoms with van der Waals surface area (Å²) in [7, 11) is -3.68. The Morgan fingerprint density at radius 2 is 1.68 bits per heavy atom. The van der Waals surface area contributed by atoms with Crippen LogP contribution in [0.1, 0.15) is 40.6 Å². The second-order valence-corrected chi connectivity index (χ2v) is 11.7. The molecule has 8 heteroatoms. The van der Waals surface area contributed by atoms with Crippen LogP contribution in [0.15, 0.2) is 47.4 Å². The summed E-state index contributed by atoms with van der Waals surface area (Å²) in [5.74, 6) is -0.116. The SMILES string of the molecule is CCN1C(=O)C(=Cc2cc(C)n(-c3ccc(C)c(C)c3)c2C)c2cc(S(=O)(=O)N3CCOCC3)ccc21. The normalized spacial score (nSPS) is 17.6. The van der Waals surface area contributed by atoms with E-state index in [1.807, 2.05) is 19.9 Å². The molecule has 3 heterocycles. The third-order valence-electron chi connectivity index (χ3n) is 7.47. The van der Waals surface area contributed by atoms with Gasteiger partial charge in [0, 0.05) is 47.8 Å². The van der Waals surface area contributed by atoms with Crippen LogP contribution in [0.2, 0.25) is 0 Å². The van der Waals surface area contributed by atoms with E-state index in [0.717, 1.165) is 28.3 Å². The Labute approximate surface area is 219 Å². The minimum atomic E-state index is -3.68. The third kappa shape index (κ3) is 4.33. The number of rotatable bonds is 5. The van der Waals surface area contributed by atoms with Crippen LogP contribution < -0.4 is 4.90 Å². The first-order valence-electron chi connectivity index (χ1n) is 12.7. The summed E-state index contributed by atoms with van der Waals surface area (Å²) < 4.78 is 35.7. The van der Waals surface area contributed by atoms with Crippen molar-refractivity contribution in [1.29, 1.82) is 0 Å². The van der Waals surface area contributed by atoms with Gasteiger partial charge in [0.2, 0.25) is 10.0 Å². The number of likely N-dealkylation sites (N-methyl/N-ethyl adjacent to an activating group) is 1.